The number of rotatable bonds is 5. The van der Waals surface area contributed by atoms with Crippen LogP contribution in [0.2, 0.25) is 0 Å². The third-order valence-corrected chi connectivity index (χ3v) is 4.08. The van der Waals surface area contributed by atoms with Crippen molar-refractivity contribution in [3.8, 4) is 0 Å². The molecule has 15 heavy (non-hydrogen) atoms. The molecular formula is C10H17BrF3N. The maximum atomic E-state index is 12.3. The van der Waals surface area contributed by atoms with E-state index in [0.29, 0.717) is 6.54 Å². The molecule has 0 N–H and O–H groups in total. The van der Waals surface area contributed by atoms with E-state index in [2.05, 4.69) is 15.9 Å². The highest BCUT2D eigenvalue weighted by Crippen LogP contribution is 2.48. The molecule has 0 atom stereocenters. The fourth-order valence-electron chi connectivity index (χ4n) is 1.59. The molecule has 0 heterocycles. The van der Waals surface area contributed by atoms with Gasteiger partial charge in [0.1, 0.15) is 0 Å². The zero-order chi connectivity index (χ0) is 11.7. The Kier molecular flexibility index (Phi) is 4.09. The Morgan fingerprint density at radius 2 is 1.87 bits per heavy atom. The van der Waals surface area contributed by atoms with Gasteiger partial charge < -0.3 is 0 Å². The lowest BCUT2D eigenvalue weighted by atomic mass is 10.1. The Labute approximate surface area is 97.1 Å². The summed E-state index contributed by atoms with van der Waals surface area (Å²) in [6.07, 6.45) is -2.01. The molecule has 1 aliphatic rings. The molecule has 0 aliphatic heterocycles. The van der Waals surface area contributed by atoms with E-state index in [1.165, 1.54) is 4.90 Å². The first-order valence-corrected chi connectivity index (χ1v) is 6.27. The number of nitrogens with zero attached hydrogens (tertiary/aromatic N) is 1. The predicted molar refractivity (Wildman–Crippen MR) is 58.2 cm³/mol. The van der Waals surface area contributed by atoms with E-state index in [0.717, 1.165) is 18.2 Å². The predicted octanol–water partition coefficient (Wildman–Crippen LogP) is 3.43. The van der Waals surface area contributed by atoms with E-state index in [4.69, 9.17) is 0 Å². The van der Waals surface area contributed by atoms with Gasteiger partial charge in [-0.05, 0) is 32.1 Å². The number of halogens is 4. The second-order valence-corrected chi connectivity index (χ2v) is 5.31. The lowest BCUT2D eigenvalue weighted by Crippen LogP contribution is -2.42. The summed E-state index contributed by atoms with van der Waals surface area (Å²) in [6.45, 7) is 3.39. The van der Waals surface area contributed by atoms with E-state index in [-0.39, 0.29) is 11.5 Å². The van der Waals surface area contributed by atoms with Crippen LogP contribution in [0.1, 0.15) is 26.7 Å². The van der Waals surface area contributed by atoms with Crippen molar-refractivity contribution in [2.24, 2.45) is 5.41 Å². The monoisotopic (exact) mass is 287 g/mol. The van der Waals surface area contributed by atoms with Crippen LogP contribution < -0.4 is 0 Å². The maximum absolute atomic E-state index is 12.3. The Hall–Kier alpha value is 0.230. The van der Waals surface area contributed by atoms with E-state index < -0.39 is 12.7 Å². The molecule has 0 aromatic carbocycles. The molecule has 1 saturated carbocycles. The zero-order valence-corrected chi connectivity index (χ0v) is 10.7. The molecule has 0 spiro atoms. The van der Waals surface area contributed by atoms with Crippen molar-refractivity contribution in [2.75, 3.05) is 18.4 Å². The second kappa shape index (κ2) is 4.62. The van der Waals surface area contributed by atoms with Gasteiger partial charge in [0.05, 0.1) is 6.54 Å². The van der Waals surface area contributed by atoms with Crippen LogP contribution in [0.3, 0.4) is 0 Å². The molecule has 0 unspecified atom stereocenters. The van der Waals surface area contributed by atoms with Crippen LogP contribution in [-0.2, 0) is 0 Å². The highest BCUT2D eigenvalue weighted by molar-refractivity contribution is 9.09. The summed E-state index contributed by atoms with van der Waals surface area (Å²) >= 11 is 3.38. The molecule has 0 aromatic heterocycles. The van der Waals surface area contributed by atoms with Crippen molar-refractivity contribution >= 4 is 15.9 Å². The molecular weight excluding hydrogens is 271 g/mol. The lowest BCUT2D eigenvalue weighted by molar-refractivity contribution is -0.151. The average Bonchev–Trinajstić information content (AvgIpc) is 2.82. The van der Waals surface area contributed by atoms with E-state index in [9.17, 15) is 13.2 Å². The molecule has 0 amide bonds. The number of hydrogen-bond acceptors (Lipinski definition) is 1. The van der Waals surface area contributed by atoms with Crippen LogP contribution in [0.4, 0.5) is 13.2 Å². The summed E-state index contributed by atoms with van der Waals surface area (Å²) in [6, 6.07) is -0.0526. The highest BCUT2D eigenvalue weighted by Gasteiger charge is 2.44. The molecule has 0 saturated heterocycles. The average molecular weight is 288 g/mol. The van der Waals surface area contributed by atoms with Crippen LogP contribution in [0.25, 0.3) is 0 Å². The van der Waals surface area contributed by atoms with Crippen LogP contribution in [0, 0.1) is 5.41 Å². The minimum Gasteiger partial charge on any atom is -0.292 e. The Balaban J connectivity index is 2.51. The summed E-state index contributed by atoms with van der Waals surface area (Å²) in [4.78, 5) is 1.52. The molecule has 1 aliphatic carbocycles. The van der Waals surface area contributed by atoms with Crippen LogP contribution in [0.5, 0.6) is 0 Å². The smallest absolute Gasteiger partial charge is 0.292 e. The fraction of sp³-hybridized carbons (Fsp3) is 1.00. The van der Waals surface area contributed by atoms with Crippen molar-refractivity contribution in [1.82, 2.24) is 4.90 Å². The van der Waals surface area contributed by atoms with Gasteiger partial charge in [0.15, 0.2) is 0 Å². The summed E-state index contributed by atoms with van der Waals surface area (Å²) in [5.41, 5.74) is 0.107. The van der Waals surface area contributed by atoms with Gasteiger partial charge >= 0.3 is 6.18 Å². The van der Waals surface area contributed by atoms with Gasteiger partial charge in [-0.25, -0.2) is 0 Å². The molecule has 1 fully saturated rings. The molecule has 0 aromatic rings. The Morgan fingerprint density at radius 3 is 2.13 bits per heavy atom. The quantitative estimate of drug-likeness (QED) is 0.700. The summed E-state index contributed by atoms with van der Waals surface area (Å²) in [5, 5.41) is 0.807. The Bertz CT molecular complexity index is 211. The fourth-order valence-corrected chi connectivity index (χ4v) is 2.33. The molecule has 1 nitrogen and oxygen atoms in total. The van der Waals surface area contributed by atoms with E-state index in [1.54, 1.807) is 0 Å². The number of alkyl halides is 4. The van der Waals surface area contributed by atoms with Crippen LogP contribution in [0.15, 0.2) is 0 Å². The number of hydrogen-bond donors (Lipinski definition) is 0. The van der Waals surface area contributed by atoms with Crippen LogP contribution in [-0.4, -0.2) is 35.5 Å². The largest absolute Gasteiger partial charge is 0.401 e. The minimum absolute atomic E-state index is 0.0526. The van der Waals surface area contributed by atoms with Crippen molar-refractivity contribution < 1.29 is 13.2 Å². The molecule has 0 radical (unpaired) electrons. The molecule has 5 heteroatoms. The van der Waals surface area contributed by atoms with Gasteiger partial charge in [0, 0.05) is 17.9 Å². The van der Waals surface area contributed by atoms with Crippen molar-refractivity contribution in [1.29, 1.82) is 0 Å². The van der Waals surface area contributed by atoms with E-state index in [1.807, 2.05) is 13.8 Å². The van der Waals surface area contributed by atoms with E-state index >= 15 is 0 Å². The van der Waals surface area contributed by atoms with Gasteiger partial charge in [-0.3, -0.25) is 4.90 Å². The van der Waals surface area contributed by atoms with Gasteiger partial charge in [-0.1, -0.05) is 15.9 Å². The standard InChI is InChI=1S/C10H17BrF3N/c1-8(2)15(7-10(12,13)14)6-9(5-11)3-4-9/h8H,3-7H2,1-2H3. The summed E-state index contributed by atoms with van der Waals surface area (Å²) in [5.74, 6) is 0. The topological polar surface area (TPSA) is 3.24 Å². The zero-order valence-electron chi connectivity index (χ0n) is 9.07. The first-order valence-electron chi connectivity index (χ1n) is 5.15. The molecule has 0 bridgehead atoms. The summed E-state index contributed by atoms with van der Waals surface area (Å²) in [7, 11) is 0. The Morgan fingerprint density at radius 1 is 1.33 bits per heavy atom. The maximum Gasteiger partial charge on any atom is 0.401 e. The van der Waals surface area contributed by atoms with Crippen molar-refractivity contribution in [2.45, 2.75) is 38.9 Å². The SMILES string of the molecule is CC(C)N(CC(F)(F)F)CC1(CBr)CC1. The van der Waals surface area contributed by atoms with Gasteiger partial charge in [0.2, 0.25) is 0 Å². The summed E-state index contributed by atoms with van der Waals surface area (Å²) < 4.78 is 36.9. The molecule has 1 rings (SSSR count). The third kappa shape index (κ3) is 4.31. The second-order valence-electron chi connectivity index (χ2n) is 4.75. The highest BCUT2D eigenvalue weighted by atomic mass is 79.9. The van der Waals surface area contributed by atoms with Gasteiger partial charge in [-0.2, -0.15) is 13.2 Å². The first kappa shape index (κ1) is 13.3. The normalized spacial score (nSPS) is 20.0. The van der Waals surface area contributed by atoms with Crippen molar-refractivity contribution in [3.05, 3.63) is 0 Å². The minimum atomic E-state index is -4.09. The third-order valence-electron chi connectivity index (χ3n) is 2.89. The van der Waals surface area contributed by atoms with Crippen LogP contribution >= 0.6 is 15.9 Å². The van der Waals surface area contributed by atoms with Gasteiger partial charge in [-0.15, -0.1) is 0 Å². The van der Waals surface area contributed by atoms with Crippen molar-refractivity contribution in [3.63, 3.8) is 0 Å². The van der Waals surface area contributed by atoms with Gasteiger partial charge in [0.25, 0.3) is 0 Å². The lowest BCUT2D eigenvalue weighted by Gasteiger charge is -2.30. The first-order chi connectivity index (χ1) is 6.78. The molecule has 90 valence electrons.